The van der Waals surface area contributed by atoms with E-state index >= 15 is 0 Å². The smallest absolute Gasteiger partial charge is 0.140 e. The van der Waals surface area contributed by atoms with E-state index < -0.39 is 44.3 Å². The summed E-state index contributed by atoms with van der Waals surface area (Å²) in [5, 5.41) is 40.4. The molecule has 0 radical (unpaired) electrons. The highest BCUT2D eigenvalue weighted by Gasteiger charge is 2.44. The molecule has 2 aromatic rings. The van der Waals surface area contributed by atoms with Crippen LogP contribution in [-0.2, 0) is 15.7 Å². The lowest BCUT2D eigenvalue weighted by Crippen LogP contribution is -2.55. The van der Waals surface area contributed by atoms with Gasteiger partial charge in [-0.1, -0.05) is 35.9 Å². The molecule has 9 heteroatoms. The van der Waals surface area contributed by atoms with Gasteiger partial charge in [-0.25, -0.2) is 0 Å². The Bertz CT molecular complexity index is 928. The van der Waals surface area contributed by atoms with E-state index in [0.29, 0.717) is 22.8 Å². The minimum atomic E-state index is -2.26. The summed E-state index contributed by atoms with van der Waals surface area (Å²) < 4.78 is 23.0. The molecule has 2 aromatic carbocycles. The number of ether oxygens (including phenoxy) is 2. The first-order valence-electron chi connectivity index (χ1n) is 9.93. The molecule has 0 amide bonds. The third kappa shape index (κ3) is 6.08. The fourth-order valence-corrected chi connectivity index (χ4v) is 4.08. The molecule has 0 bridgehead atoms. The second kappa shape index (κ2) is 10.0. The molecule has 3 rings (SSSR count). The first-order chi connectivity index (χ1) is 14.6. The van der Waals surface area contributed by atoms with Gasteiger partial charge in [-0.2, -0.15) is 0 Å². The summed E-state index contributed by atoms with van der Waals surface area (Å²) in [5.41, 5.74) is 2.34. The average Bonchev–Trinajstić information content (AvgIpc) is 2.73. The van der Waals surface area contributed by atoms with Crippen molar-refractivity contribution < 1.29 is 34.5 Å². The lowest BCUT2D eigenvalue weighted by Gasteiger charge is -2.40. The van der Waals surface area contributed by atoms with E-state index in [1.165, 1.54) is 0 Å². The molecule has 1 heterocycles. The second-order valence-corrected chi connectivity index (χ2v) is 12.1. The van der Waals surface area contributed by atoms with Gasteiger partial charge in [-0.05, 0) is 54.6 Å². The Kier molecular flexibility index (Phi) is 7.81. The molecule has 1 fully saturated rings. The lowest BCUT2D eigenvalue weighted by atomic mass is 9.90. The molecule has 1 aliphatic heterocycles. The molecule has 0 unspecified atom stereocenters. The molecule has 0 spiro atoms. The second-order valence-electron chi connectivity index (χ2n) is 8.27. The number of aliphatic hydroxyl groups excluding tert-OH is 4. The molecule has 0 aliphatic carbocycles. The summed E-state index contributed by atoms with van der Waals surface area (Å²) in [6.45, 7) is 2.86. The monoisotopic (exact) mass is 470 g/mol. The van der Waals surface area contributed by atoms with E-state index in [4.69, 9.17) is 21.1 Å². The van der Waals surface area contributed by atoms with Gasteiger partial charge in [-0.3, -0.25) is 0 Å². The molecule has 5 atom stereocenters. The summed E-state index contributed by atoms with van der Waals surface area (Å²) >= 11 is 6.37. The molecule has 7 nitrogen and oxygen atoms in total. The minimum Gasteiger partial charge on any atom is -0.486 e. The molecule has 1 saturated heterocycles. The quantitative estimate of drug-likeness (QED) is 0.459. The molecular weight excluding hydrogens is 443 g/mol. The summed E-state index contributed by atoms with van der Waals surface area (Å²) in [6.07, 6.45) is -5.40. The fraction of sp³-hybridized carbons (Fsp3) is 0.455. The van der Waals surface area contributed by atoms with Crippen molar-refractivity contribution >= 4 is 18.7 Å². The molecule has 170 valence electrons. The van der Waals surface area contributed by atoms with Crippen LogP contribution in [0.1, 0.15) is 22.8 Å². The van der Waals surface area contributed by atoms with Crippen LogP contribution < -0.4 is 4.74 Å². The highest BCUT2D eigenvalue weighted by molar-refractivity contribution is 7.62. The number of hydrogen-bond acceptors (Lipinski definition) is 7. The maximum absolute atomic E-state index is 11.8. The van der Waals surface area contributed by atoms with E-state index in [0.717, 1.165) is 11.1 Å². The van der Waals surface area contributed by atoms with Crippen LogP contribution in [0.25, 0.3) is 0 Å². The highest BCUT2D eigenvalue weighted by Crippen LogP contribution is 2.36. The summed E-state index contributed by atoms with van der Waals surface area (Å²) in [7, 11) is -2.26. The molecule has 1 aliphatic rings. The Morgan fingerprint density at radius 3 is 2.32 bits per heavy atom. The van der Waals surface area contributed by atoms with Crippen LogP contribution in [0, 0.1) is 0 Å². The SMILES string of the molecule is CP(C)(=O)COc1ccc(Cc2cc([C@@H]3O[C@H](CO)[C@@H](O)[C@H](O)[C@H]3O)ccc2Cl)cc1. The molecule has 0 saturated carbocycles. The van der Waals surface area contributed by atoms with Crippen molar-refractivity contribution in [1.29, 1.82) is 0 Å². The predicted molar refractivity (Wildman–Crippen MR) is 118 cm³/mol. The first-order valence-corrected chi connectivity index (χ1v) is 13.1. The standard InChI is InChI=1S/C22H28ClO7P/c1-31(2,28)12-29-16-6-3-13(4-7-16)9-15-10-14(5-8-17(15)23)22-21(27)20(26)19(25)18(11-24)30-22/h3-8,10,18-22,24-27H,9,11-12H2,1-2H3/t18-,19-,20+,21-,22+/m1/s1. The van der Waals surface area contributed by atoms with Gasteiger partial charge >= 0.3 is 0 Å². The largest absolute Gasteiger partial charge is 0.486 e. The van der Waals surface area contributed by atoms with Gasteiger partial charge < -0.3 is 34.5 Å². The maximum Gasteiger partial charge on any atom is 0.140 e. The van der Waals surface area contributed by atoms with E-state index in [2.05, 4.69) is 0 Å². The zero-order chi connectivity index (χ0) is 22.8. The van der Waals surface area contributed by atoms with Gasteiger partial charge in [0.1, 0.15) is 49.8 Å². The number of halogens is 1. The maximum atomic E-state index is 11.8. The Labute approximate surface area is 186 Å². The zero-order valence-corrected chi connectivity index (χ0v) is 19.0. The molecular formula is C22H28ClO7P. The van der Waals surface area contributed by atoms with Crippen molar-refractivity contribution in [3.05, 3.63) is 64.2 Å². The average molecular weight is 471 g/mol. The van der Waals surface area contributed by atoms with Gasteiger partial charge in [0.2, 0.25) is 0 Å². The lowest BCUT2D eigenvalue weighted by molar-refractivity contribution is -0.231. The summed E-state index contributed by atoms with van der Waals surface area (Å²) in [6, 6.07) is 12.5. The van der Waals surface area contributed by atoms with Gasteiger partial charge in [0.15, 0.2) is 0 Å². The van der Waals surface area contributed by atoms with Gasteiger partial charge in [-0.15, -0.1) is 0 Å². The van der Waals surface area contributed by atoms with Crippen molar-refractivity contribution in [2.75, 3.05) is 26.3 Å². The van der Waals surface area contributed by atoms with Crippen molar-refractivity contribution in [3.63, 3.8) is 0 Å². The van der Waals surface area contributed by atoms with Crippen molar-refractivity contribution in [2.24, 2.45) is 0 Å². The Hall–Kier alpha value is -1.44. The topological polar surface area (TPSA) is 116 Å². The molecule has 4 N–H and O–H groups in total. The number of hydrogen-bond donors (Lipinski definition) is 4. The van der Waals surface area contributed by atoms with Crippen LogP contribution in [0.15, 0.2) is 42.5 Å². The Morgan fingerprint density at radius 1 is 1.03 bits per heavy atom. The van der Waals surface area contributed by atoms with E-state index in [9.17, 15) is 25.0 Å². The molecule has 31 heavy (non-hydrogen) atoms. The number of benzene rings is 2. The minimum absolute atomic E-state index is 0.180. The Morgan fingerprint density at radius 2 is 1.71 bits per heavy atom. The van der Waals surface area contributed by atoms with Crippen molar-refractivity contribution in [2.45, 2.75) is 36.9 Å². The third-order valence-electron chi connectivity index (χ3n) is 5.15. The predicted octanol–water partition coefficient (Wildman–Crippen LogP) is 2.40. The van der Waals surface area contributed by atoms with Gasteiger partial charge in [0.25, 0.3) is 0 Å². The first kappa shape index (κ1) is 24.2. The third-order valence-corrected chi connectivity index (χ3v) is 6.27. The van der Waals surface area contributed by atoms with Crippen LogP contribution in [0.4, 0.5) is 0 Å². The van der Waals surface area contributed by atoms with Crippen LogP contribution in [0.2, 0.25) is 5.02 Å². The fourth-order valence-electron chi connectivity index (χ4n) is 3.44. The van der Waals surface area contributed by atoms with E-state index in [1.807, 2.05) is 12.1 Å². The normalized spacial score (nSPS) is 26.6. The summed E-state index contributed by atoms with van der Waals surface area (Å²) in [4.78, 5) is 0. The summed E-state index contributed by atoms with van der Waals surface area (Å²) in [5.74, 6) is 0.633. The molecule has 0 aromatic heterocycles. The van der Waals surface area contributed by atoms with E-state index in [-0.39, 0.29) is 6.35 Å². The van der Waals surface area contributed by atoms with Crippen LogP contribution in [-0.4, -0.2) is 71.1 Å². The van der Waals surface area contributed by atoms with Gasteiger partial charge in [0.05, 0.1) is 6.61 Å². The van der Waals surface area contributed by atoms with Gasteiger partial charge in [0, 0.05) is 5.02 Å². The van der Waals surface area contributed by atoms with Crippen LogP contribution in [0.5, 0.6) is 5.75 Å². The van der Waals surface area contributed by atoms with Crippen molar-refractivity contribution in [1.82, 2.24) is 0 Å². The van der Waals surface area contributed by atoms with E-state index in [1.54, 1.807) is 43.7 Å². The zero-order valence-electron chi connectivity index (χ0n) is 17.4. The number of aliphatic hydroxyl groups is 4. The van der Waals surface area contributed by atoms with Crippen molar-refractivity contribution in [3.8, 4) is 5.75 Å². The van der Waals surface area contributed by atoms with Crippen LogP contribution >= 0.6 is 18.7 Å². The van der Waals surface area contributed by atoms with Crippen LogP contribution in [0.3, 0.4) is 0 Å². The highest BCUT2D eigenvalue weighted by atomic mass is 35.5. The number of rotatable bonds is 7. The Balaban J connectivity index is 1.76.